The highest BCUT2D eigenvalue weighted by Crippen LogP contribution is 2.29. The van der Waals surface area contributed by atoms with Gasteiger partial charge < -0.3 is 15.0 Å². The van der Waals surface area contributed by atoms with Gasteiger partial charge in [0, 0.05) is 22.6 Å². The number of rotatable bonds is 4. The van der Waals surface area contributed by atoms with Crippen LogP contribution in [0, 0.1) is 5.82 Å². The lowest BCUT2D eigenvalue weighted by atomic mass is 9.91. The highest BCUT2D eigenvalue weighted by atomic mass is 19.1. The Kier molecular flexibility index (Phi) is 4.37. The normalized spacial score (nSPS) is 16.3. The van der Waals surface area contributed by atoms with Crippen LogP contribution in [-0.2, 0) is 24.1 Å². The number of amides is 1. The molecule has 1 atom stereocenters. The van der Waals surface area contributed by atoms with Crippen molar-refractivity contribution in [2.75, 3.05) is 7.11 Å². The molecule has 0 bridgehead atoms. The highest BCUT2D eigenvalue weighted by molar-refractivity contribution is 5.85. The fraction of sp³-hybridized carbons (Fsp3) is 0.286. The van der Waals surface area contributed by atoms with E-state index in [1.54, 1.807) is 19.2 Å². The average Bonchev–Trinajstić information content (AvgIpc) is 2.99. The van der Waals surface area contributed by atoms with Gasteiger partial charge in [0.15, 0.2) is 0 Å². The van der Waals surface area contributed by atoms with E-state index in [1.807, 2.05) is 24.3 Å². The first-order valence-electron chi connectivity index (χ1n) is 8.83. The van der Waals surface area contributed by atoms with Crippen LogP contribution in [0.1, 0.15) is 23.2 Å². The van der Waals surface area contributed by atoms with Gasteiger partial charge in [0.05, 0.1) is 13.5 Å². The monoisotopic (exact) mass is 352 g/mol. The van der Waals surface area contributed by atoms with Gasteiger partial charge in [-0.15, -0.1) is 0 Å². The summed E-state index contributed by atoms with van der Waals surface area (Å²) in [5.74, 6) is 0.556. The van der Waals surface area contributed by atoms with Gasteiger partial charge in [-0.05, 0) is 60.7 Å². The van der Waals surface area contributed by atoms with Crippen LogP contribution in [0.15, 0.2) is 42.5 Å². The third-order valence-electron chi connectivity index (χ3n) is 5.04. The molecule has 0 aliphatic heterocycles. The van der Waals surface area contributed by atoms with E-state index in [0.29, 0.717) is 6.42 Å². The van der Waals surface area contributed by atoms with E-state index >= 15 is 0 Å². The van der Waals surface area contributed by atoms with Gasteiger partial charge in [-0.3, -0.25) is 4.79 Å². The van der Waals surface area contributed by atoms with Crippen LogP contribution in [0.2, 0.25) is 0 Å². The minimum absolute atomic E-state index is 0.00892. The third kappa shape index (κ3) is 3.29. The van der Waals surface area contributed by atoms with Crippen molar-refractivity contribution in [3.63, 3.8) is 0 Å². The summed E-state index contributed by atoms with van der Waals surface area (Å²) in [6.07, 6.45) is 2.82. The first-order valence-corrected chi connectivity index (χ1v) is 8.83. The molecule has 0 saturated carbocycles. The zero-order valence-electron chi connectivity index (χ0n) is 14.6. The molecule has 0 fully saturated rings. The Bertz CT molecular complexity index is 947. The maximum absolute atomic E-state index is 13.6. The topological polar surface area (TPSA) is 54.1 Å². The van der Waals surface area contributed by atoms with Gasteiger partial charge >= 0.3 is 0 Å². The Balaban J connectivity index is 1.44. The quantitative estimate of drug-likeness (QED) is 0.755. The maximum Gasteiger partial charge on any atom is 0.224 e. The van der Waals surface area contributed by atoms with E-state index in [2.05, 4.69) is 10.3 Å². The molecule has 2 aromatic carbocycles. The zero-order valence-corrected chi connectivity index (χ0v) is 14.6. The first kappa shape index (κ1) is 16.6. The molecule has 1 aromatic heterocycles. The van der Waals surface area contributed by atoms with Crippen LogP contribution in [0.25, 0.3) is 10.9 Å². The predicted molar refractivity (Wildman–Crippen MR) is 98.9 cm³/mol. The van der Waals surface area contributed by atoms with Crippen molar-refractivity contribution >= 4 is 16.8 Å². The van der Waals surface area contributed by atoms with Crippen molar-refractivity contribution < 1.29 is 13.9 Å². The van der Waals surface area contributed by atoms with Crippen molar-refractivity contribution in [2.45, 2.75) is 31.7 Å². The minimum atomic E-state index is -0.232. The van der Waals surface area contributed by atoms with Gasteiger partial charge in [0.1, 0.15) is 11.6 Å². The number of hydrogen-bond donors (Lipinski definition) is 2. The average molecular weight is 352 g/mol. The van der Waals surface area contributed by atoms with E-state index in [-0.39, 0.29) is 17.8 Å². The number of carbonyl (C=O) groups is 1. The number of aromatic amines is 1. The van der Waals surface area contributed by atoms with Crippen LogP contribution in [0.5, 0.6) is 5.75 Å². The lowest BCUT2D eigenvalue weighted by Crippen LogP contribution is -2.39. The van der Waals surface area contributed by atoms with Crippen LogP contribution < -0.4 is 10.1 Å². The number of H-pyrrole nitrogens is 1. The largest absolute Gasteiger partial charge is 0.497 e. The second-order valence-corrected chi connectivity index (χ2v) is 6.80. The van der Waals surface area contributed by atoms with Crippen molar-refractivity contribution in [1.29, 1.82) is 0 Å². The molecule has 134 valence electrons. The van der Waals surface area contributed by atoms with Crippen LogP contribution in [0.4, 0.5) is 4.39 Å². The first-order chi connectivity index (χ1) is 12.6. The summed E-state index contributed by atoms with van der Waals surface area (Å²) in [5.41, 5.74) is 4.20. The molecule has 1 aliphatic carbocycles. The Hall–Kier alpha value is -2.82. The van der Waals surface area contributed by atoms with Crippen molar-refractivity contribution in [2.24, 2.45) is 0 Å². The number of halogens is 1. The Morgan fingerprint density at radius 2 is 2.08 bits per heavy atom. The summed E-state index contributed by atoms with van der Waals surface area (Å²) in [7, 11) is 1.62. The number of fused-ring (bicyclic) bond motifs is 3. The van der Waals surface area contributed by atoms with Gasteiger partial charge in [-0.2, -0.15) is 0 Å². The van der Waals surface area contributed by atoms with Gasteiger partial charge in [-0.25, -0.2) is 4.39 Å². The molecule has 5 heteroatoms. The Labute approximate surface area is 151 Å². The Morgan fingerprint density at radius 3 is 2.85 bits per heavy atom. The zero-order chi connectivity index (χ0) is 18.1. The van der Waals surface area contributed by atoms with Crippen molar-refractivity contribution in [3.8, 4) is 5.75 Å². The van der Waals surface area contributed by atoms with E-state index in [1.165, 1.54) is 6.07 Å². The number of benzene rings is 2. The summed E-state index contributed by atoms with van der Waals surface area (Å²) in [6.45, 7) is 0. The molecular formula is C21H21FN2O2. The highest BCUT2D eigenvalue weighted by Gasteiger charge is 2.24. The van der Waals surface area contributed by atoms with E-state index in [0.717, 1.165) is 52.7 Å². The Morgan fingerprint density at radius 1 is 1.27 bits per heavy atom. The number of ether oxygens (including phenoxy) is 1. The molecule has 1 heterocycles. The molecule has 0 spiro atoms. The molecule has 0 radical (unpaired) electrons. The molecule has 3 aromatic rings. The summed E-state index contributed by atoms with van der Waals surface area (Å²) < 4.78 is 18.7. The molecule has 2 N–H and O–H groups in total. The molecule has 4 nitrogen and oxygen atoms in total. The lowest BCUT2D eigenvalue weighted by Gasteiger charge is -2.23. The van der Waals surface area contributed by atoms with E-state index < -0.39 is 0 Å². The summed E-state index contributed by atoms with van der Waals surface area (Å²) in [5, 5.41) is 4.05. The smallest absolute Gasteiger partial charge is 0.224 e. The van der Waals surface area contributed by atoms with Crippen LogP contribution in [-0.4, -0.2) is 24.0 Å². The van der Waals surface area contributed by atoms with Crippen LogP contribution >= 0.6 is 0 Å². The standard InChI is InChI=1S/C21H21FN2O2/c1-26-16-6-2-13(3-7-16)10-21(25)23-15-5-9-20-18(12-15)17-11-14(22)4-8-19(17)24-20/h2-4,6-8,11,15,24H,5,9-10,12H2,1H3,(H,23,25). The maximum atomic E-state index is 13.6. The molecule has 1 unspecified atom stereocenters. The van der Waals surface area contributed by atoms with Gasteiger partial charge in [0.2, 0.25) is 5.91 Å². The molecule has 26 heavy (non-hydrogen) atoms. The van der Waals surface area contributed by atoms with Crippen molar-refractivity contribution in [3.05, 3.63) is 65.1 Å². The summed E-state index contributed by atoms with van der Waals surface area (Å²) in [6, 6.07) is 12.4. The minimum Gasteiger partial charge on any atom is -0.497 e. The van der Waals surface area contributed by atoms with E-state index in [4.69, 9.17) is 4.74 Å². The molecular weight excluding hydrogens is 331 g/mol. The van der Waals surface area contributed by atoms with Crippen LogP contribution in [0.3, 0.4) is 0 Å². The fourth-order valence-electron chi connectivity index (χ4n) is 3.72. The number of aryl methyl sites for hydroxylation is 1. The summed E-state index contributed by atoms with van der Waals surface area (Å²) >= 11 is 0. The molecule has 0 saturated heterocycles. The fourth-order valence-corrected chi connectivity index (χ4v) is 3.72. The predicted octanol–water partition coefficient (Wildman–Crippen LogP) is 3.53. The van der Waals surface area contributed by atoms with E-state index in [9.17, 15) is 9.18 Å². The second kappa shape index (κ2) is 6.83. The summed E-state index contributed by atoms with van der Waals surface area (Å²) in [4.78, 5) is 15.8. The molecule has 4 rings (SSSR count). The van der Waals surface area contributed by atoms with Gasteiger partial charge in [-0.1, -0.05) is 12.1 Å². The second-order valence-electron chi connectivity index (χ2n) is 6.80. The molecule has 1 amide bonds. The number of nitrogens with one attached hydrogen (secondary N) is 2. The number of methoxy groups -OCH3 is 1. The lowest BCUT2D eigenvalue weighted by molar-refractivity contribution is -0.121. The number of carbonyl (C=O) groups excluding carboxylic acids is 1. The molecule has 1 aliphatic rings. The number of hydrogen-bond acceptors (Lipinski definition) is 2. The van der Waals surface area contributed by atoms with Crippen molar-refractivity contribution in [1.82, 2.24) is 10.3 Å². The number of aromatic nitrogens is 1. The van der Waals surface area contributed by atoms with Gasteiger partial charge in [0.25, 0.3) is 0 Å². The third-order valence-corrected chi connectivity index (χ3v) is 5.04. The SMILES string of the molecule is COc1ccc(CC(=O)NC2CCc3[nH]c4ccc(F)cc4c3C2)cc1.